The number of para-hydroxylation sites is 1. The number of rotatable bonds is 5. The summed E-state index contributed by atoms with van der Waals surface area (Å²) in [7, 11) is 1.65. The molecule has 6 heteroatoms. The van der Waals surface area contributed by atoms with E-state index in [1.54, 1.807) is 13.1 Å². The van der Waals surface area contributed by atoms with Crippen molar-refractivity contribution < 1.29 is 18.0 Å². The fourth-order valence-corrected chi connectivity index (χ4v) is 3.73. The standard InChI is InChI=1S/C21H23F3N2O/c1-26(15-16-8-7-9-17(14-16)21(22,23)24)19(27)20(12-5-6-13-20)25-18-10-3-2-4-11-18/h2-4,7-11,14,25H,5-6,12-13,15H2,1H3. The molecular weight excluding hydrogens is 353 g/mol. The van der Waals surface area contributed by atoms with Crippen molar-refractivity contribution >= 4 is 11.6 Å². The molecule has 27 heavy (non-hydrogen) atoms. The highest BCUT2D eigenvalue weighted by Crippen LogP contribution is 2.35. The summed E-state index contributed by atoms with van der Waals surface area (Å²) in [6, 6.07) is 14.7. The van der Waals surface area contributed by atoms with E-state index in [2.05, 4.69) is 5.32 Å². The first-order valence-corrected chi connectivity index (χ1v) is 9.05. The summed E-state index contributed by atoms with van der Waals surface area (Å²) >= 11 is 0. The van der Waals surface area contributed by atoms with Gasteiger partial charge in [0.05, 0.1) is 5.56 Å². The highest BCUT2D eigenvalue weighted by Gasteiger charge is 2.42. The largest absolute Gasteiger partial charge is 0.416 e. The first-order valence-electron chi connectivity index (χ1n) is 9.05. The van der Waals surface area contributed by atoms with Crippen molar-refractivity contribution in [3.63, 3.8) is 0 Å². The Hall–Kier alpha value is -2.50. The maximum absolute atomic E-state index is 13.2. The van der Waals surface area contributed by atoms with Gasteiger partial charge >= 0.3 is 6.18 Å². The fourth-order valence-electron chi connectivity index (χ4n) is 3.73. The van der Waals surface area contributed by atoms with Gasteiger partial charge in [0.15, 0.2) is 0 Å². The van der Waals surface area contributed by atoms with Gasteiger partial charge in [-0.1, -0.05) is 43.2 Å². The molecule has 0 aliphatic heterocycles. The zero-order chi connectivity index (χ0) is 19.5. The highest BCUT2D eigenvalue weighted by molar-refractivity contribution is 5.89. The number of halogens is 3. The average Bonchev–Trinajstić information content (AvgIpc) is 3.11. The van der Waals surface area contributed by atoms with E-state index in [4.69, 9.17) is 0 Å². The van der Waals surface area contributed by atoms with Crippen LogP contribution in [0.2, 0.25) is 0 Å². The van der Waals surface area contributed by atoms with Crippen LogP contribution in [0, 0.1) is 0 Å². The van der Waals surface area contributed by atoms with Gasteiger partial charge < -0.3 is 10.2 Å². The third kappa shape index (κ3) is 4.43. The van der Waals surface area contributed by atoms with Gasteiger partial charge in [-0.25, -0.2) is 0 Å². The van der Waals surface area contributed by atoms with Crippen molar-refractivity contribution in [1.82, 2.24) is 4.90 Å². The highest BCUT2D eigenvalue weighted by atomic mass is 19.4. The van der Waals surface area contributed by atoms with Crippen LogP contribution in [0.1, 0.15) is 36.8 Å². The number of hydrogen-bond donors (Lipinski definition) is 1. The molecule has 2 aromatic rings. The number of anilines is 1. The molecule has 0 atom stereocenters. The summed E-state index contributed by atoms with van der Waals surface area (Å²) in [4.78, 5) is 14.7. The van der Waals surface area contributed by atoms with E-state index < -0.39 is 17.3 Å². The Morgan fingerprint density at radius 3 is 2.37 bits per heavy atom. The molecule has 1 aliphatic carbocycles. The van der Waals surface area contributed by atoms with Crippen LogP contribution in [-0.2, 0) is 17.5 Å². The summed E-state index contributed by atoms with van der Waals surface area (Å²) in [5.41, 5.74) is -0.0508. The molecule has 0 radical (unpaired) electrons. The fraction of sp³-hybridized carbons (Fsp3) is 0.381. The number of likely N-dealkylation sites (N-methyl/N-ethyl adjacent to an activating group) is 1. The summed E-state index contributed by atoms with van der Waals surface area (Å²) in [6.07, 6.45) is -1.06. The van der Waals surface area contributed by atoms with Gasteiger partial charge in [-0.3, -0.25) is 4.79 Å². The molecule has 0 bridgehead atoms. The molecular formula is C21H23F3N2O. The maximum atomic E-state index is 13.2. The number of nitrogens with zero attached hydrogens (tertiary/aromatic N) is 1. The number of alkyl halides is 3. The maximum Gasteiger partial charge on any atom is 0.416 e. The van der Waals surface area contributed by atoms with Crippen molar-refractivity contribution in [3.05, 3.63) is 65.7 Å². The Morgan fingerprint density at radius 1 is 1.07 bits per heavy atom. The second kappa shape index (κ2) is 7.62. The topological polar surface area (TPSA) is 32.3 Å². The van der Waals surface area contributed by atoms with E-state index in [0.717, 1.165) is 30.7 Å². The van der Waals surface area contributed by atoms with Gasteiger partial charge in [-0.05, 0) is 42.7 Å². The minimum atomic E-state index is -4.39. The molecule has 1 saturated carbocycles. The number of nitrogens with one attached hydrogen (secondary N) is 1. The molecule has 0 spiro atoms. The number of carbonyl (C=O) groups excluding carboxylic acids is 1. The van der Waals surface area contributed by atoms with E-state index >= 15 is 0 Å². The lowest BCUT2D eigenvalue weighted by atomic mass is 9.94. The summed E-state index contributed by atoms with van der Waals surface area (Å²) < 4.78 is 38.8. The second-order valence-corrected chi connectivity index (χ2v) is 7.14. The molecule has 0 saturated heterocycles. The Kier molecular flexibility index (Phi) is 5.44. The van der Waals surface area contributed by atoms with Crippen molar-refractivity contribution in [2.45, 2.75) is 43.9 Å². The van der Waals surface area contributed by atoms with Crippen LogP contribution in [0.15, 0.2) is 54.6 Å². The lowest BCUT2D eigenvalue weighted by Gasteiger charge is -2.34. The number of hydrogen-bond acceptors (Lipinski definition) is 2. The van der Waals surface area contributed by atoms with Gasteiger partial charge in [-0.15, -0.1) is 0 Å². The summed E-state index contributed by atoms with van der Waals surface area (Å²) in [5, 5.41) is 3.39. The zero-order valence-corrected chi connectivity index (χ0v) is 15.2. The molecule has 0 heterocycles. The monoisotopic (exact) mass is 376 g/mol. The predicted octanol–water partition coefficient (Wildman–Crippen LogP) is 5.09. The molecule has 1 fully saturated rings. The number of amides is 1. The van der Waals surface area contributed by atoms with Crippen molar-refractivity contribution in [3.8, 4) is 0 Å². The molecule has 1 aliphatic rings. The molecule has 0 aromatic heterocycles. The number of carbonyl (C=O) groups is 1. The first-order chi connectivity index (χ1) is 12.8. The van der Waals surface area contributed by atoms with Crippen molar-refractivity contribution in [2.24, 2.45) is 0 Å². The van der Waals surface area contributed by atoms with E-state index in [0.29, 0.717) is 18.4 Å². The van der Waals surface area contributed by atoms with Gasteiger partial charge in [0.1, 0.15) is 5.54 Å². The van der Waals surface area contributed by atoms with E-state index in [-0.39, 0.29) is 12.5 Å². The SMILES string of the molecule is CN(Cc1cccc(C(F)(F)F)c1)C(=O)C1(Nc2ccccc2)CCCC1. The summed E-state index contributed by atoms with van der Waals surface area (Å²) in [6.45, 7) is 0.140. The minimum absolute atomic E-state index is 0.0822. The second-order valence-electron chi connectivity index (χ2n) is 7.14. The van der Waals surface area contributed by atoms with Crippen LogP contribution in [0.4, 0.5) is 18.9 Å². The Bertz CT molecular complexity index is 784. The van der Waals surface area contributed by atoms with Gasteiger partial charge in [0.25, 0.3) is 0 Å². The average molecular weight is 376 g/mol. The molecule has 3 nitrogen and oxygen atoms in total. The normalized spacial score (nSPS) is 16.1. The van der Waals surface area contributed by atoms with Crippen LogP contribution in [-0.4, -0.2) is 23.4 Å². The van der Waals surface area contributed by atoms with Crippen LogP contribution in [0.3, 0.4) is 0 Å². The molecule has 2 aromatic carbocycles. The van der Waals surface area contributed by atoms with Gasteiger partial charge in [-0.2, -0.15) is 13.2 Å². The van der Waals surface area contributed by atoms with Crippen molar-refractivity contribution in [1.29, 1.82) is 0 Å². The molecule has 144 valence electrons. The lowest BCUT2D eigenvalue weighted by Crippen LogP contribution is -2.51. The van der Waals surface area contributed by atoms with Crippen molar-refractivity contribution in [2.75, 3.05) is 12.4 Å². The van der Waals surface area contributed by atoms with E-state index in [1.165, 1.54) is 11.0 Å². The van der Waals surface area contributed by atoms with Crippen LogP contribution in [0.5, 0.6) is 0 Å². The molecule has 1 N–H and O–H groups in total. The third-order valence-electron chi connectivity index (χ3n) is 5.04. The van der Waals surface area contributed by atoms with E-state index in [9.17, 15) is 18.0 Å². The molecule has 3 rings (SSSR count). The Balaban J connectivity index is 1.77. The van der Waals surface area contributed by atoms with Gasteiger partial charge in [0.2, 0.25) is 5.91 Å². The van der Waals surface area contributed by atoms with Crippen LogP contribution in [0.25, 0.3) is 0 Å². The van der Waals surface area contributed by atoms with Crippen LogP contribution < -0.4 is 5.32 Å². The zero-order valence-electron chi connectivity index (χ0n) is 15.2. The van der Waals surface area contributed by atoms with Gasteiger partial charge in [0, 0.05) is 19.3 Å². The molecule has 0 unspecified atom stereocenters. The Morgan fingerprint density at radius 2 is 1.74 bits per heavy atom. The summed E-state index contributed by atoms with van der Waals surface area (Å²) in [5.74, 6) is -0.0822. The Labute approximate surface area is 157 Å². The minimum Gasteiger partial charge on any atom is -0.371 e. The first kappa shape index (κ1) is 19.3. The van der Waals surface area contributed by atoms with E-state index in [1.807, 2.05) is 30.3 Å². The molecule has 1 amide bonds. The smallest absolute Gasteiger partial charge is 0.371 e. The number of benzene rings is 2. The van der Waals surface area contributed by atoms with Crippen LogP contribution >= 0.6 is 0 Å². The third-order valence-corrected chi connectivity index (χ3v) is 5.04. The lowest BCUT2D eigenvalue weighted by molar-refractivity contribution is -0.137. The quantitative estimate of drug-likeness (QED) is 0.788. The predicted molar refractivity (Wildman–Crippen MR) is 99.2 cm³/mol.